The van der Waals surface area contributed by atoms with E-state index in [0.717, 1.165) is 17.9 Å². The van der Waals surface area contributed by atoms with Crippen molar-refractivity contribution in [1.82, 2.24) is 0 Å². The molecule has 0 aromatic heterocycles. The SMILES string of the molecule is CC/C=S(\C)Nc1cc(C(C)(C)C)cc(N)c1OCC. The third-order valence-corrected chi connectivity index (χ3v) is 4.34. The molecular weight excluding hydrogens is 268 g/mol. The second-order valence-corrected chi connectivity index (χ2v) is 7.51. The van der Waals surface area contributed by atoms with Gasteiger partial charge in [0.2, 0.25) is 0 Å². The fourth-order valence-corrected chi connectivity index (χ4v) is 3.01. The lowest BCUT2D eigenvalue weighted by atomic mass is 9.86. The lowest BCUT2D eigenvalue weighted by Crippen LogP contribution is -2.13. The molecule has 0 amide bonds. The van der Waals surface area contributed by atoms with E-state index >= 15 is 0 Å². The van der Waals surface area contributed by atoms with Crippen molar-refractivity contribution in [1.29, 1.82) is 0 Å². The van der Waals surface area contributed by atoms with Gasteiger partial charge in [0.25, 0.3) is 0 Å². The van der Waals surface area contributed by atoms with E-state index in [9.17, 15) is 0 Å². The van der Waals surface area contributed by atoms with Crippen molar-refractivity contribution >= 4 is 27.4 Å². The van der Waals surface area contributed by atoms with E-state index in [1.165, 1.54) is 5.56 Å². The molecule has 0 aliphatic heterocycles. The second-order valence-electron chi connectivity index (χ2n) is 5.86. The van der Waals surface area contributed by atoms with E-state index in [1.54, 1.807) is 0 Å². The van der Waals surface area contributed by atoms with Crippen molar-refractivity contribution in [2.24, 2.45) is 0 Å². The van der Waals surface area contributed by atoms with Gasteiger partial charge in [-0.05, 0) is 48.1 Å². The van der Waals surface area contributed by atoms with Gasteiger partial charge in [-0.1, -0.05) is 27.7 Å². The number of nitrogens with two attached hydrogens (primary N) is 1. The second kappa shape index (κ2) is 7.02. The summed E-state index contributed by atoms with van der Waals surface area (Å²) in [6, 6.07) is 4.18. The summed E-state index contributed by atoms with van der Waals surface area (Å²) < 4.78 is 9.23. The molecular formula is C16H28N2OS. The summed E-state index contributed by atoms with van der Waals surface area (Å²) in [5.74, 6) is 0.768. The Labute approximate surface area is 126 Å². The minimum atomic E-state index is 0.0112. The molecule has 0 bridgehead atoms. The maximum Gasteiger partial charge on any atom is 0.166 e. The van der Waals surface area contributed by atoms with Crippen LogP contribution in [-0.2, 0) is 5.41 Å². The topological polar surface area (TPSA) is 47.3 Å². The van der Waals surface area contributed by atoms with Gasteiger partial charge in [0.1, 0.15) is 0 Å². The van der Waals surface area contributed by atoms with E-state index in [-0.39, 0.29) is 16.1 Å². The molecule has 0 saturated carbocycles. The molecule has 1 unspecified atom stereocenters. The number of hydrogen-bond donors (Lipinski definition) is 2. The van der Waals surface area contributed by atoms with Gasteiger partial charge in [-0.15, -0.1) is 10.7 Å². The van der Waals surface area contributed by atoms with Gasteiger partial charge in [-0.3, -0.25) is 0 Å². The molecule has 4 heteroatoms. The van der Waals surface area contributed by atoms with E-state index in [1.807, 2.05) is 13.0 Å². The van der Waals surface area contributed by atoms with Crippen LogP contribution in [0.1, 0.15) is 46.6 Å². The Morgan fingerprint density at radius 2 is 1.95 bits per heavy atom. The zero-order chi connectivity index (χ0) is 15.3. The van der Waals surface area contributed by atoms with Crippen molar-refractivity contribution in [3.8, 4) is 5.75 Å². The molecule has 1 aromatic rings. The van der Waals surface area contributed by atoms with Crippen LogP contribution in [0.3, 0.4) is 0 Å². The number of anilines is 2. The van der Waals surface area contributed by atoms with Crippen LogP contribution in [0.2, 0.25) is 0 Å². The maximum atomic E-state index is 6.18. The number of ether oxygens (including phenoxy) is 1. The smallest absolute Gasteiger partial charge is 0.166 e. The first-order valence-electron chi connectivity index (χ1n) is 7.11. The van der Waals surface area contributed by atoms with Crippen LogP contribution in [0.25, 0.3) is 0 Å². The molecule has 0 saturated heterocycles. The van der Waals surface area contributed by atoms with Gasteiger partial charge in [0.05, 0.1) is 18.0 Å². The largest absolute Gasteiger partial charge is 0.490 e. The normalized spacial score (nSPS) is 13.3. The minimum absolute atomic E-state index is 0.0112. The quantitative estimate of drug-likeness (QED) is 0.625. The van der Waals surface area contributed by atoms with Gasteiger partial charge in [0, 0.05) is 0 Å². The molecule has 3 N–H and O–H groups in total. The highest BCUT2D eigenvalue weighted by Crippen LogP contribution is 2.38. The molecule has 20 heavy (non-hydrogen) atoms. The van der Waals surface area contributed by atoms with Crippen LogP contribution in [0, 0.1) is 0 Å². The zero-order valence-electron chi connectivity index (χ0n) is 13.5. The summed E-state index contributed by atoms with van der Waals surface area (Å²) in [7, 11) is 0.0112. The molecule has 0 fully saturated rings. The van der Waals surface area contributed by atoms with Gasteiger partial charge in [0.15, 0.2) is 5.75 Å². The highest BCUT2D eigenvalue weighted by molar-refractivity contribution is 8.15. The predicted molar refractivity (Wildman–Crippen MR) is 94.2 cm³/mol. The first-order valence-corrected chi connectivity index (χ1v) is 8.80. The number of hydrogen-bond acceptors (Lipinski definition) is 3. The van der Waals surface area contributed by atoms with Crippen molar-refractivity contribution in [3.63, 3.8) is 0 Å². The first-order chi connectivity index (χ1) is 9.29. The molecule has 1 aromatic carbocycles. The third kappa shape index (κ3) is 4.44. The van der Waals surface area contributed by atoms with E-state index < -0.39 is 0 Å². The first kappa shape index (κ1) is 16.9. The molecule has 1 atom stereocenters. The van der Waals surface area contributed by atoms with Gasteiger partial charge < -0.3 is 15.2 Å². The lowest BCUT2D eigenvalue weighted by molar-refractivity contribution is 0.343. The van der Waals surface area contributed by atoms with Crippen molar-refractivity contribution in [3.05, 3.63) is 17.7 Å². The third-order valence-electron chi connectivity index (χ3n) is 2.96. The summed E-state index contributed by atoms with van der Waals surface area (Å²) in [5, 5.41) is 2.26. The molecule has 114 valence electrons. The monoisotopic (exact) mass is 296 g/mol. The number of benzene rings is 1. The molecule has 0 aliphatic carbocycles. The Kier molecular flexibility index (Phi) is 5.93. The Hall–Kier alpha value is -1.16. The van der Waals surface area contributed by atoms with Crippen molar-refractivity contribution in [2.75, 3.05) is 23.3 Å². The Bertz CT molecular complexity index is 490. The number of rotatable bonds is 5. The minimum Gasteiger partial charge on any atom is -0.490 e. The van der Waals surface area contributed by atoms with Gasteiger partial charge in [-0.25, -0.2) is 0 Å². The Morgan fingerprint density at radius 1 is 1.30 bits per heavy atom. The summed E-state index contributed by atoms with van der Waals surface area (Å²) in [6.45, 7) is 11.3. The van der Waals surface area contributed by atoms with Crippen LogP contribution in [0.4, 0.5) is 11.4 Å². The fraction of sp³-hybridized carbons (Fsp3) is 0.562. The van der Waals surface area contributed by atoms with E-state index in [2.05, 4.69) is 50.1 Å². The van der Waals surface area contributed by atoms with Gasteiger partial charge in [-0.2, -0.15) is 0 Å². The molecule has 0 heterocycles. The van der Waals surface area contributed by atoms with Crippen LogP contribution < -0.4 is 15.2 Å². The Balaban J connectivity index is 3.28. The molecule has 1 rings (SSSR count). The number of nitrogen functional groups attached to an aromatic ring is 1. The molecule has 0 spiro atoms. The van der Waals surface area contributed by atoms with Crippen LogP contribution in [0.5, 0.6) is 5.75 Å². The molecule has 0 radical (unpaired) electrons. The summed E-state index contributed by atoms with van der Waals surface area (Å²) >= 11 is 0. The predicted octanol–water partition coefficient (Wildman–Crippen LogP) is 4.40. The summed E-state index contributed by atoms with van der Waals surface area (Å²) in [6.07, 6.45) is 3.21. The van der Waals surface area contributed by atoms with E-state index in [0.29, 0.717) is 12.3 Å². The summed E-state index contributed by atoms with van der Waals surface area (Å²) in [4.78, 5) is 0. The van der Waals surface area contributed by atoms with Crippen LogP contribution in [-0.4, -0.2) is 18.2 Å². The van der Waals surface area contributed by atoms with E-state index in [4.69, 9.17) is 10.5 Å². The van der Waals surface area contributed by atoms with Crippen molar-refractivity contribution < 1.29 is 4.74 Å². The van der Waals surface area contributed by atoms with Gasteiger partial charge >= 0.3 is 0 Å². The average Bonchev–Trinajstić information content (AvgIpc) is 2.32. The Morgan fingerprint density at radius 3 is 2.45 bits per heavy atom. The molecule has 0 aliphatic rings. The van der Waals surface area contributed by atoms with Crippen molar-refractivity contribution in [2.45, 2.75) is 46.5 Å². The lowest BCUT2D eigenvalue weighted by Gasteiger charge is -2.23. The average molecular weight is 296 g/mol. The molecule has 3 nitrogen and oxygen atoms in total. The standard InChI is InChI=1S/C16H28N2OS/c1-7-9-20(6)18-14-11-12(16(3,4)5)10-13(17)15(14)19-8-2/h9-11,18H,7-8,17H2,1-6H3. The van der Waals surface area contributed by atoms with Crippen LogP contribution in [0.15, 0.2) is 12.1 Å². The zero-order valence-corrected chi connectivity index (χ0v) is 14.4. The summed E-state index contributed by atoms with van der Waals surface area (Å²) in [5.41, 5.74) is 9.16. The maximum absolute atomic E-state index is 6.18. The fourth-order valence-electron chi connectivity index (χ4n) is 1.93. The number of nitrogens with one attached hydrogen (secondary N) is 1. The highest BCUT2D eigenvalue weighted by atomic mass is 32.2. The highest BCUT2D eigenvalue weighted by Gasteiger charge is 2.18. The van der Waals surface area contributed by atoms with Crippen LogP contribution >= 0.6 is 10.7 Å².